The van der Waals surface area contributed by atoms with Gasteiger partial charge in [-0.05, 0) is 26.7 Å². The summed E-state index contributed by atoms with van der Waals surface area (Å²) in [6.07, 6.45) is 2.18. The van der Waals surface area contributed by atoms with Crippen LogP contribution in [0.15, 0.2) is 0 Å². The zero-order valence-corrected chi connectivity index (χ0v) is 10.3. The summed E-state index contributed by atoms with van der Waals surface area (Å²) < 4.78 is 0. The van der Waals surface area contributed by atoms with Gasteiger partial charge >= 0.3 is 0 Å². The van der Waals surface area contributed by atoms with Gasteiger partial charge in [-0.25, -0.2) is 0 Å². The molecule has 0 heterocycles. The fourth-order valence-electron chi connectivity index (χ4n) is 1.67. The number of nitrogens with zero attached hydrogens (tertiary/aromatic N) is 2. The molecule has 0 aliphatic carbocycles. The van der Waals surface area contributed by atoms with E-state index in [0.29, 0.717) is 13.0 Å². The van der Waals surface area contributed by atoms with Crippen molar-refractivity contribution < 1.29 is 4.79 Å². The molecule has 0 aliphatic heterocycles. The zero-order valence-electron chi connectivity index (χ0n) is 10.3. The van der Waals surface area contributed by atoms with Crippen LogP contribution in [0.4, 0.5) is 0 Å². The highest BCUT2D eigenvalue weighted by Gasteiger charge is 2.22. The van der Waals surface area contributed by atoms with Gasteiger partial charge in [0.2, 0.25) is 5.91 Å². The van der Waals surface area contributed by atoms with E-state index in [1.165, 1.54) is 0 Å². The number of nitriles is 1. The molecule has 0 rings (SSSR count). The molecule has 3 heteroatoms. The van der Waals surface area contributed by atoms with E-state index < -0.39 is 0 Å². The molecular formula is C12H22N2O. The van der Waals surface area contributed by atoms with Gasteiger partial charge in [-0.15, -0.1) is 0 Å². The third-order valence-electron chi connectivity index (χ3n) is 2.71. The third-order valence-corrected chi connectivity index (χ3v) is 2.71. The second-order valence-electron chi connectivity index (χ2n) is 4.05. The van der Waals surface area contributed by atoms with Crippen molar-refractivity contribution in [2.24, 2.45) is 5.92 Å². The second kappa shape index (κ2) is 7.28. The van der Waals surface area contributed by atoms with Crippen LogP contribution in [-0.2, 0) is 4.79 Å². The molecule has 0 bridgehead atoms. The Labute approximate surface area is 93.1 Å². The lowest BCUT2D eigenvalue weighted by atomic mass is 10.0. The molecule has 0 fully saturated rings. The summed E-state index contributed by atoms with van der Waals surface area (Å²) >= 11 is 0. The Hall–Kier alpha value is -1.04. The van der Waals surface area contributed by atoms with Gasteiger partial charge in [0, 0.05) is 18.5 Å². The molecule has 0 saturated carbocycles. The second-order valence-corrected chi connectivity index (χ2v) is 4.05. The largest absolute Gasteiger partial charge is 0.339 e. The van der Waals surface area contributed by atoms with Crippen LogP contribution in [0.25, 0.3) is 0 Å². The maximum absolute atomic E-state index is 12.1. The molecule has 0 aromatic carbocycles. The van der Waals surface area contributed by atoms with Crippen molar-refractivity contribution in [3.8, 4) is 6.07 Å². The standard InChI is InChI=1S/C12H22N2O/c1-5-11(6-2)12(15)14(10(3)4)9-7-8-13/h10-11H,5-7,9H2,1-4H3. The Morgan fingerprint density at radius 3 is 2.20 bits per heavy atom. The predicted octanol–water partition coefficient (Wildman–Crippen LogP) is 2.57. The molecular weight excluding hydrogens is 188 g/mol. The molecule has 3 nitrogen and oxygen atoms in total. The summed E-state index contributed by atoms with van der Waals surface area (Å²) in [6, 6.07) is 2.28. The van der Waals surface area contributed by atoms with Gasteiger partial charge in [0.1, 0.15) is 0 Å². The number of carbonyl (C=O) groups is 1. The summed E-state index contributed by atoms with van der Waals surface area (Å²) in [6.45, 7) is 8.63. The van der Waals surface area contributed by atoms with Crippen molar-refractivity contribution in [3.05, 3.63) is 0 Å². The van der Waals surface area contributed by atoms with Gasteiger partial charge in [0.15, 0.2) is 0 Å². The lowest BCUT2D eigenvalue weighted by molar-refractivity contribution is -0.137. The van der Waals surface area contributed by atoms with E-state index in [2.05, 4.69) is 6.07 Å². The monoisotopic (exact) mass is 210 g/mol. The van der Waals surface area contributed by atoms with Crippen LogP contribution in [0, 0.1) is 17.2 Å². The van der Waals surface area contributed by atoms with Crippen molar-refractivity contribution in [3.63, 3.8) is 0 Å². The normalized spacial score (nSPS) is 10.5. The lowest BCUT2D eigenvalue weighted by Gasteiger charge is -2.29. The molecule has 0 spiro atoms. The molecule has 15 heavy (non-hydrogen) atoms. The average Bonchev–Trinajstić information content (AvgIpc) is 2.19. The molecule has 0 unspecified atom stereocenters. The molecule has 0 aromatic rings. The molecule has 1 amide bonds. The van der Waals surface area contributed by atoms with E-state index in [0.717, 1.165) is 12.8 Å². The van der Waals surface area contributed by atoms with Gasteiger partial charge in [-0.1, -0.05) is 13.8 Å². The maximum atomic E-state index is 12.1. The first-order valence-electron chi connectivity index (χ1n) is 5.75. The minimum absolute atomic E-state index is 0.117. The number of carbonyl (C=O) groups excluding carboxylic acids is 1. The van der Waals surface area contributed by atoms with E-state index in [4.69, 9.17) is 5.26 Å². The van der Waals surface area contributed by atoms with Crippen molar-refractivity contribution in [1.82, 2.24) is 4.90 Å². The van der Waals surface area contributed by atoms with Gasteiger partial charge < -0.3 is 4.90 Å². The summed E-state index contributed by atoms with van der Waals surface area (Å²) in [5, 5.41) is 8.54. The van der Waals surface area contributed by atoms with Gasteiger partial charge in [0.05, 0.1) is 12.5 Å². The van der Waals surface area contributed by atoms with Crippen LogP contribution >= 0.6 is 0 Å². The quantitative estimate of drug-likeness (QED) is 0.676. The van der Waals surface area contributed by atoms with Crippen LogP contribution < -0.4 is 0 Å². The van der Waals surface area contributed by atoms with Crippen molar-refractivity contribution >= 4 is 5.91 Å². The highest BCUT2D eigenvalue weighted by molar-refractivity contribution is 5.79. The molecule has 0 N–H and O–H groups in total. The Morgan fingerprint density at radius 2 is 1.87 bits per heavy atom. The van der Waals surface area contributed by atoms with E-state index in [1.54, 1.807) is 0 Å². The molecule has 86 valence electrons. The summed E-state index contributed by atoms with van der Waals surface area (Å²) in [5.41, 5.74) is 0. The molecule has 0 aliphatic rings. The fourth-order valence-corrected chi connectivity index (χ4v) is 1.67. The van der Waals surface area contributed by atoms with Crippen molar-refractivity contribution in [2.75, 3.05) is 6.54 Å². The third kappa shape index (κ3) is 4.33. The first-order chi connectivity index (χ1) is 7.08. The molecule has 0 radical (unpaired) electrons. The van der Waals surface area contributed by atoms with Crippen molar-refractivity contribution in [2.45, 2.75) is 53.0 Å². The smallest absolute Gasteiger partial charge is 0.225 e. The Bertz CT molecular complexity index is 226. The average molecular weight is 210 g/mol. The summed E-state index contributed by atoms with van der Waals surface area (Å²) in [5.74, 6) is 0.316. The summed E-state index contributed by atoms with van der Waals surface area (Å²) in [7, 11) is 0. The van der Waals surface area contributed by atoms with Crippen LogP contribution in [0.1, 0.15) is 47.0 Å². The number of hydrogen-bond donors (Lipinski definition) is 0. The highest BCUT2D eigenvalue weighted by atomic mass is 16.2. The van der Waals surface area contributed by atoms with E-state index >= 15 is 0 Å². The molecule has 0 atom stereocenters. The van der Waals surface area contributed by atoms with Crippen LogP contribution in [0.3, 0.4) is 0 Å². The topological polar surface area (TPSA) is 44.1 Å². The number of rotatable bonds is 6. The predicted molar refractivity (Wildman–Crippen MR) is 61.2 cm³/mol. The Morgan fingerprint density at radius 1 is 1.33 bits per heavy atom. The molecule has 0 saturated heterocycles. The van der Waals surface area contributed by atoms with Crippen molar-refractivity contribution in [1.29, 1.82) is 5.26 Å². The zero-order chi connectivity index (χ0) is 11.8. The van der Waals surface area contributed by atoms with Gasteiger partial charge in [-0.2, -0.15) is 5.26 Å². The fraction of sp³-hybridized carbons (Fsp3) is 0.833. The van der Waals surface area contributed by atoms with Gasteiger partial charge in [0.25, 0.3) is 0 Å². The minimum atomic E-state index is 0.117. The Balaban J connectivity index is 4.47. The first-order valence-corrected chi connectivity index (χ1v) is 5.75. The van der Waals surface area contributed by atoms with Gasteiger partial charge in [-0.3, -0.25) is 4.79 Å². The SMILES string of the molecule is CCC(CC)C(=O)N(CCC#N)C(C)C. The van der Waals surface area contributed by atoms with E-state index in [1.807, 2.05) is 32.6 Å². The highest BCUT2D eigenvalue weighted by Crippen LogP contribution is 2.14. The first kappa shape index (κ1) is 14.0. The summed E-state index contributed by atoms with van der Waals surface area (Å²) in [4.78, 5) is 13.9. The molecule has 0 aromatic heterocycles. The van der Waals surface area contributed by atoms with E-state index in [-0.39, 0.29) is 17.9 Å². The number of amides is 1. The number of hydrogen-bond acceptors (Lipinski definition) is 2. The van der Waals surface area contributed by atoms with Crippen LogP contribution in [-0.4, -0.2) is 23.4 Å². The van der Waals surface area contributed by atoms with Crippen LogP contribution in [0.5, 0.6) is 0 Å². The lowest BCUT2D eigenvalue weighted by Crippen LogP contribution is -2.41. The maximum Gasteiger partial charge on any atom is 0.225 e. The Kier molecular flexibility index (Phi) is 6.77. The minimum Gasteiger partial charge on any atom is -0.339 e. The van der Waals surface area contributed by atoms with E-state index in [9.17, 15) is 4.79 Å². The van der Waals surface area contributed by atoms with Crippen LogP contribution in [0.2, 0.25) is 0 Å².